The Labute approximate surface area is 101 Å². The molecule has 17 heavy (non-hydrogen) atoms. The molecule has 0 unspecified atom stereocenters. The van der Waals surface area contributed by atoms with Crippen LogP contribution in [-0.2, 0) is 13.6 Å². The van der Waals surface area contributed by atoms with Crippen LogP contribution in [0.25, 0.3) is 0 Å². The van der Waals surface area contributed by atoms with Gasteiger partial charge in [-0.05, 0) is 27.7 Å². The smallest absolute Gasteiger partial charge is 0.138 e. The highest BCUT2D eigenvalue weighted by Gasteiger charge is 2.12. The number of hydrogen-bond acceptors (Lipinski definition) is 4. The fraction of sp³-hybridized carbons (Fsp3) is 0.500. The first kappa shape index (κ1) is 11.7. The molecule has 2 heterocycles. The highest BCUT2D eigenvalue weighted by molar-refractivity contribution is 5.52. The summed E-state index contributed by atoms with van der Waals surface area (Å²) >= 11 is 0. The van der Waals surface area contributed by atoms with Gasteiger partial charge >= 0.3 is 0 Å². The third-order valence-corrected chi connectivity index (χ3v) is 3.13. The molecular formula is C12H18N4O. The highest BCUT2D eigenvalue weighted by Crippen LogP contribution is 2.21. The molecule has 2 aromatic rings. The molecule has 2 rings (SSSR count). The fourth-order valence-corrected chi connectivity index (χ4v) is 1.96. The zero-order chi connectivity index (χ0) is 12.6. The molecule has 0 radical (unpaired) electrons. The second kappa shape index (κ2) is 4.24. The third-order valence-electron chi connectivity index (χ3n) is 3.13. The lowest BCUT2D eigenvalue weighted by Crippen LogP contribution is -2.03. The van der Waals surface area contributed by atoms with Gasteiger partial charge in [-0.2, -0.15) is 5.10 Å². The normalized spacial score (nSPS) is 10.9. The minimum atomic E-state index is 0.717. The molecule has 0 spiro atoms. The van der Waals surface area contributed by atoms with Crippen molar-refractivity contribution in [1.82, 2.24) is 14.9 Å². The second-order valence-corrected chi connectivity index (χ2v) is 4.33. The Bertz CT molecular complexity index is 519. The van der Waals surface area contributed by atoms with Crippen LogP contribution >= 0.6 is 0 Å². The standard InChI is InChI=1S/C12H18N4O/c1-7-11(10(4)17-15-7)6-13-12-8(2)14-16(5)9(12)3/h13H,6H2,1-5H3. The summed E-state index contributed by atoms with van der Waals surface area (Å²) in [7, 11) is 1.95. The molecule has 0 aromatic carbocycles. The second-order valence-electron chi connectivity index (χ2n) is 4.33. The Balaban J connectivity index is 2.18. The van der Waals surface area contributed by atoms with Gasteiger partial charge < -0.3 is 9.84 Å². The lowest BCUT2D eigenvalue weighted by Gasteiger charge is -2.06. The van der Waals surface area contributed by atoms with E-state index in [-0.39, 0.29) is 0 Å². The molecule has 0 saturated heterocycles. The number of aromatic nitrogens is 3. The quantitative estimate of drug-likeness (QED) is 0.885. The number of hydrogen-bond donors (Lipinski definition) is 1. The van der Waals surface area contributed by atoms with Crippen LogP contribution in [0.4, 0.5) is 5.69 Å². The van der Waals surface area contributed by atoms with Gasteiger partial charge in [0.1, 0.15) is 5.76 Å². The lowest BCUT2D eigenvalue weighted by molar-refractivity contribution is 0.392. The molecule has 0 atom stereocenters. The number of rotatable bonds is 3. The van der Waals surface area contributed by atoms with Gasteiger partial charge in [-0.25, -0.2) is 0 Å². The van der Waals surface area contributed by atoms with Crippen molar-refractivity contribution in [3.05, 3.63) is 28.4 Å². The van der Waals surface area contributed by atoms with Crippen LogP contribution in [0.3, 0.4) is 0 Å². The maximum atomic E-state index is 5.14. The monoisotopic (exact) mass is 234 g/mol. The summed E-state index contributed by atoms with van der Waals surface area (Å²) in [5.74, 6) is 0.870. The van der Waals surface area contributed by atoms with Gasteiger partial charge in [0.25, 0.3) is 0 Å². The summed E-state index contributed by atoms with van der Waals surface area (Å²) in [6.45, 7) is 8.66. The van der Waals surface area contributed by atoms with Gasteiger partial charge in [0.2, 0.25) is 0 Å². The summed E-state index contributed by atoms with van der Waals surface area (Å²) in [4.78, 5) is 0. The van der Waals surface area contributed by atoms with Crippen LogP contribution in [0.5, 0.6) is 0 Å². The maximum absolute atomic E-state index is 5.14. The molecule has 0 amide bonds. The fourth-order valence-electron chi connectivity index (χ4n) is 1.96. The van der Waals surface area contributed by atoms with Gasteiger partial charge in [0, 0.05) is 19.2 Å². The molecule has 1 N–H and O–H groups in total. The van der Waals surface area contributed by atoms with Crippen molar-refractivity contribution >= 4 is 5.69 Å². The molecule has 0 aliphatic carbocycles. The van der Waals surface area contributed by atoms with Gasteiger partial charge in [-0.1, -0.05) is 5.16 Å². The van der Waals surface area contributed by atoms with Crippen molar-refractivity contribution < 1.29 is 4.52 Å². The van der Waals surface area contributed by atoms with E-state index in [1.165, 1.54) is 0 Å². The molecular weight excluding hydrogens is 216 g/mol. The average Bonchev–Trinajstić information content (AvgIpc) is 2.70. The van der Waals surface area contributed by atoms with Crippen LogP contribution in [0.2, 0.25) is 0 Å². The summed E-state index contributed by atoms with van der Waals surface area (Å²) in [6, 6.07) is 0. The van der Waals surface area contributed by atoms with Crippen LogP contribution < -0.4 is 5.32 Å². The van der Waals surface area contributed by atoms with Crippen molar-refractivity contribution in [3.63, 3.8) is 0 Å². The molecule has 5 nitrogen and oxygen atoms in total. The zero-order valence-corrected chi connectivity index (χ0v) is 11.0. The van der Waals surface area contributed by atoms with Crippen molar-refractivity contribution in [2.45, 2.75) is 34.2 Å². The summed E-state index contributed by atoms with van der Waals surface area (Å²) < 4.78 is 7.02. The number of nitrogens with zero attached hydrogens (tertiary/aromatic N) is 3. The summed E-state index contributed by atoms with van der Waals surface area (Å²) in [6.07, 6.45) is 0. The maximum Gasteiger partial charge on any atom is 0.138 e. The Morgan fingerprint density at radius 2 is 1.88 bits per heavy atom. The topological polar surface area (TPSA) is 55.9 Å². The van der Waals surface area contributed by atoms with E-state index in [1.54, 1.807) is 0 Å². The van der Waals surface area contributed by atoms with Gasteiger partial charge in [0.15, 0.2) is 0 Å². The minimum absolute atomic E-state index is 0.717. The van der Waals surface area contributed by atoms with E-state index >= 15 is 0 Å². The van der Waals surface area contributed by atoms with Crippen LogP contribution in [0, 0.1) is 27.7 Å². The van der Waals surface area contributed by atoms with Gasteiger partial charge in [-0.3, -0.25) is 4.68 Å². The van der Waals surface area contributed by atoms with E-state index in [1.807, 2.05) is 32.5 Å². The molecule has 2 aromatic heterocycles. The first-order valence-corrected chi connectivity index (χ1v) is 5.66. The van der Waals surface area contributed by atoms with Crippen LogP contribution in [-0.4, -0.2) is 14.9 Å². The van der Waals surface area contributed by atoms with E-state index < -0.39 is 0 Å². The highest BCUT2D eigenvalue weighted by atomic mass is 16.5. The SMILES string of the molecule is Cc1noc(C)c1CNc1c(C)nn(C)c1C. The lowest BCUT2D eigenvalue weighted by atomic mass is 10.2. The molecule has 0 aliphatic rings. The van der Waals surface area contributed by atoms with Gasteiger partial charge in [-0.15, -0.1) is 0 Å². The van der Waals surface area contributed by atoms with E-state index in [0.29, 0.717) is 6.54 Å². The van der Waals surface area contributed by atoms with E-state index in [2.05, 4.69) is 22.5 Å². The number of nitrogens with one attached hydrogen (secondary N) is 1. The number of anilines is 1. The first-order chi connectivity index (χ1) is 8.00. The van der Waals surface area contributed by atoms with E-state index in [0.717, 1.165) is 34.1 Å². The van der Waals surface area contributed by atoms with E-state index in [9.17, 15) is 0 Å². The van der Waals surface area contributed by atoms with Crippen LogP contribution in [0.15, 0.2) is 4.52 Å². The summed E-state index contributed by atoms with van der Waals surface area (Å²) in [5.41, 5.74) is 5.29. The predicted molar refractivity (Wildman–Crippen MR) is 66.0 cm³/mol. The van der Waals surface area contributed by atoms with Crippen molar-refractivity contribution in [2.75, 3.05) is 5.32 Å². The van der Waals surface area contributed by atoms with Crippen molar-refractivity contribution in [2.24, 2.45) is 7.05 Å². The van der Waals surface area contributed by atoms with E-state index in [4.69, 9.17) is 4.52 Å². The molecule has 0 saturated carbocycles. The predicted octanol–water partition coefficient (Wildman–Crippen LogP) is 2.25. The Morgan fingerprint density at radius 3 is 2.35 bits per heavy atom. The molecule has 0 bridgehead atoms. The van der Waals surface area contributed by atoms with Gasteiger partial charge in [0.05, 0.1) is 22.8 Å². The largest absolute Gasteiger partial charge is 0.378 e. The molecule has 0 aliphatic heterocycles. The zero-order valence-electron chi connectivity index (χ0n) is 11.0. The summed E-state index contributed by atoms with van der Waals surface area (Å²) in [5, 5.41) is 11.7. The first-order valence-electron chi connectivity index (χ1n) is 5.66. The minimum Gasteiger partial charge on any atom is -0.378 e. The molecule has 0 fully saturated rings. The molecule has 5 heteroatoms. The Morgan fingerprint density at radius 1 is 1.18 bits per heavy atom. The number of aryl methyl sites for hydroxylation is 4. The Hall–Kier alpha value is -1.78. The Kier molecular flexibility index (Phi) is 2.92. The van der Waals surface area contributed by atoms with Crippen LogP contribution in [0.1, 0.15) is 28.4 Å². The molecule has 92 valence electrons. The third kappa shape index (κ3) is 2.05. The van der Waals surface area contributed by atoms with Crippen molar-refractivity contribution in [3.8, 4) is 0 Å². The average molecular weight is 234 g/mol. The van der Waals surface area contributed by atoms with Crippen molar-refractivity contribution in [1.29, 1.82) is 0 Å².